The Morgan fingerprint density at radius 2 is 1.62 bits per heavy atom. The fraction of sp³-hybridized carbons (Fsp3) is 0.176. The van der Waals surface area contributed by atoms with Crippen molar-refractivity contribution in [1.29, 1.82) is 0 Å². The number of rotatable bonds is 6. The van der Waals surface area contributed by atoms with Crippen molar-refractivity contribution in [3.05, 3.63) is 58.6 Å². The van der Waals surface area contributed by atoms with Gasteiger partial charge in [-0.05, 0) is 55.5 Å². The van der Waals surface area contributed by atoms with Gasteiger partial charge < -0.3 is 10.1 Å². The largest absolute Gasteiger partial charge is 0.465 e. The van der Waals surface area contributed by atoms with Gasteiger partial charge in [-0.2, -0.15) is 4.72 Å². The monoisotopic (exact) mass is 440 g/mol. The third-order valence-electron chi connectivity index (χ3n) is 3.42. The molecular formula is C17H17BrN2O5S. The summed E-state index contributed by atoms with van der Waals surface area (Å²) in [5, 5.41) is 2.58. The molecule has 26 heavy (non-hydrogen) atoms. The van der Waals surface area contributed by atoms with E-state index >= 15 is 0 Å². The molecule has 0 spiro atoms. The molecule has 0 bridgehead atoms. The van der Waals surface area contributed by atoms with Crippen molar-refractivity contribution < 1.29 is 22.7 Å². The van der Waals surface area contributed by atoms with Gasteiger partial charge in [0.05, 0.1) is 23.6 Å². The number of hydrogen-bond acceptors (Lipinski definition) is 5. The molecule has 0 unspecified atom stereocenters. The average Bonchev–Trinajstić information content (AvgIpc) is 2.61. The zero-order chi connectivity index (χ0) is 19.3. The summed E-state index contributed by atoms with van der Waals surface area (Å²) >= 11 is 3.23. The maximum Gasteiger partial charge on any atom is 0.337 e. The lowest BCUT2D eigenvalue weighted by atomic mass is 10.2. The number of anilines is 1. The molecule has 9 heteroatoms. The van der Waals surface area contributed by atoms with Crippen molar-refractivity contribution in [1.82, 2.24) is 4.72 Å². The molecule has 2 aromatic rings. The quantitative estimate of drug-likeness (QED) is 0.671. The summed E-state index contributed by atoms with van der Waals surface area (Å²) in [7, 11) is -2.55. The Balaban J connectivity index is 2.03. The Morgan fingerprint density at radius 3 is 2.15 bits per heavy atom. The number of carbonyl (C=O) groups is 2. The van der Waals surface area contributed by atoms with Gasteiger partial charge in [0, 0.05) is 10.2 Å². The first-order chi connectivity index (χ1) is 12.2. The van der Waals surface area contributed by atoms with Crippen molar-refractivity contribution in [2.45, 2.75) is 17.9 Å². The van der Waals surface area contributed by atoms with E-state index in [1.807, 2.05) is 0 Å². The Kier molecular flexibility index (Phi) is 6.52. The van der Waals surface area contributed by atoms with Crippen molar-refractivity contribution >= 4 is 43.5 Å². The summed E-state index contributed by atoms with van der Waals surface area (Å²) in [6, 6.07) is 11.1. The van der Waals surface area contributed by atoms with Gasteiger partial charge in [0.2, 0.25) is 15.9 Å². The molecule has 7 nitrogen and oxygen atoms in total. The minimum absolute atomic E-state index is 0.0581. The van der Waals surface area contributed by atoms with Gasteiger partial charge in [0.25, 0.3) is 0 Å². The number of hydrogen-bond donors (Lipinski definition) is 2. The summed E-state index contributed by atoms with van der Waals surface area (Å²) in [6.07, 6.45) is 0. The highest BCUT2D eigenvalue weighted by atomic mass is 79.9. The maximum atomic E-state index is 12.3. The molecule has 0 aliphatic heterocycles. The average molecular weight is 441 g/mol. The Bertz CT molecular complexity index is 896. The first-order valence-corrected chi connectivity index (χ1v) is 9.77. The summed E-state index contributed by atoms with van der Waals surface area (Å²) < 4.78 is 32.3. The van der Waals surface area contributed by atoms with E-state index < -0.39 is 27.9 Å². The van der Waals surface area contributed by atoms with Crippen LogP contribution < -0.4 is 10.0 Å². The molecule has 0 fully saturated rings. The third kappa shape index (κ3) is 5.13. The van der Waals surface area contributed by atoms with E-state index in [0.29, 0.717) is 11.3 Å². The first-order valence-electron chi connectivity index (χ1n) is 7.50. The van der Waals surface area contributed by atoms with Crippen molar-refractivity contribution in [3.63, 3.8) is 0 Å². The second-order valence-corrected chi connectivity index (χ2v) is 7.98. The topological polar surface area (TPSA) is 102 Å². The van der Waals surface area contributed by atoms with Crippen molar-refractivity contribution in [2.75, 3.05) is 12.4 Å². The standard InChI is InChI=1S/C17H17BrN2O5S/c1-11(20-26(23,24)15-9-5-13(18)6-10-15)16(21)19-14-7-3-12(4-8-14)17(22)25-2/h3-11,20H,1-2H3,(H,19,21)/t11-/m1/s1. The fourth-order valence-electron chi connectivity index (χ4n) is 2.03. The number of esters is 1. The molecule has 138 valence electrons. The number of benzene rings is 2. The van der Waals surface area contributed by atoms with Crippen LogP contribution in [-0.2, 0) is 19.6 Å². The zero-order valence-corrected chi connectivity index (χ0v) is 16.4. The lowest BCUT2D eigenvalue weighted by Crippen LogP contribution is -2.41. The van der Waals surface area contributed by atoms with Crippen LogP contribution in [0.5, 0.6) is 0 Å². The van der Waals surface area contributed by atoms with Crippen LogP contribution in [0.15, 0.2) is 57.9 Å². The minimum atomic E-state index is -3.83. The lowest BCUT2D eigenvalue weighted by molar-refractivity contribution is -0.117. The normalized spacial score (nSPS) is 12.3. The molecule has 2 N–H and O–H groups in total. The Hall–Kier alpha value is -2.23. The Labute approximate surface area is 159 Å². The van der Waals surface area contributed by atoms with Crippen LogP contribution in [0.3, 0.4) is 0 Å². The van der Waals surface area contributed by atoms with Gasteiger partial charge >= 0.3 is 5.97 Å². The van der Waals surface area contributed by atoms with Gasteiger partial charge in [-0.25, -0.2) is 13.2 Å². The van der Waals surface area contributed by atoms with Gasteiger partial charge in [-0.1, -0.05) is 15.9 Å². The molecule has 0 aliphatic rings. The van der Waals surface area contributed by atoms with E-state index in [1.165, 1.54) is 50.4 Å². The summed E-state index contributed by atoms with van der Waals surface area (Å²) in [6.45, 7) is 1.44. The minimum Gasteiger partial charge on any atom is -0.465 e. The molecule has 1 amide bonds. The molecule has 2 rings (SSSR count). The molecule has 1 atom stereocenters. The van der Waals surface area contributed by atoms with Gasteiger partial charge in [0.1, 0.15) is 0 Å². The van der Waals surface area contributed by atoms with Gasteiger partial charge in [-0.3, -0.25) is 4.79 Å². The van der Waals surface area contributed by atoms with E-state index in [-0.39, 0.29) is 4.90 Å². The molecule has 0 aliphatic carbocycles. The van der Waals surface area contributed by atoms with Crippen LogP contribution in [-0.4, -0.2) is 33.4 Å². The highest BCUT2D eigenvalue weighted by Gasteiger charge is 2.22. The fourth-order valence-corrected chi connectivity index (χ4v) is 3.49. The second kappa shape index (κ2) is 8.43. The predicted molar refractivity (Wildman–Crippen MR) is 100 cm³/mol. The highest BCUT2D eigenvalue weighted by Crippen LogP contribution is 2.15. The molecule has 0 aromatic heterocycles. The second-order valence-electron chi connectivity index (χ2n) is 5.36. The molecule has 0 radical (unpaired) electrons. The van der Waals surface area contributed by atoms with Crippen LogP contribution in [0.2, 0.25) is 0 Å². The van der Waals surface area contributed by atoms with E-state index in [0.717, 1.165) is 4.47 Å². The number of ether oxygens (including phenoxy) is 1. The zero-order valence-electron chi connectivity index (χ0n) is 14.0. The van der Waals surface area contributed by atoms with Gasteiger partial charge in [0.15, 0.2) is 0 Å². The highest BCUT2D eigenvalue weighted by molar-refractivity contribution is 9.10. The van der Waals surface area contributed by atoms with Gasteiger partial charge in [-0.15, -0.1) is 0 Å². The Morgan fingerprint density at radius 1 is 1.04 bits per heavy atom. The first kappa shape index (κ1) is 20.1. The van der Waals surface area contributed by atoms with Crippen LogP contribution in [0.4, 0.5) is 5.69 Å². The lowest BCUT2D eigenvalue weighted by Gasteiger charge is -2.14. The molecule has 0 saturated heterocycles. The summed E-state index contributed by atoms with van der Waals surface area (Å²) in [5.41, 5.74) is 0.770. The molecule has 2 aromatic carbocycles. The van der Waals surface area contributed by atoms with Crippen molar-refractivity contribution in [2.24, 2.45) is 0 Å². The number of halogens is 1. The number of methoxy groups -OCH3 is 1. The maximum absolute atomic E-state index is 12.3. The van der Waals surface area contributed by atoms with Crippen molar-refractivity contribution in [3.8, 4) is 0 Å². The number of amides is 1. The van der Waals surface area contributed by atoms with E-state index in [4.69, 9.17) is 0 Å². The van der Waals surface area contributed by atoms with Crippen LogP contribution in [0.1, 0.15) is 17.3 Å². The predicted octanol–water partition coefficient (Wildman–Crippen LogP) is 2.54. The molecule has 0 saturated carbocycles. The SMILES string of the molecule is COC(=O)c1ccc(NC(=O)[C@@H](C)NS(=O)(=O)c2ccc(Br)cc2)cc1. The van der Waals surface area contributed by atoms with Crippen LogP contribution in [0, 0.1) is 0 Å². The van der Waals surface area contributed by atoms with E-state index in [9.17, 15) is 18.0 Å². The number of carbonyl (C=O) groups excluding carboxylic acids is 2. The smallest absolute Gasteiger partial charge is 0.337 e. The number of sulfonamides is 1. The van der Waals surface area contributed by atoms with E-state index in [1.54, 1.807) is 12.1 Å². The van der Waals surface area contributed by atoms with Crippen LogP contribution in [0.25, 0.3) is 0 Å². The molecule has 0 heterocycles. The summed E-state index contributed by atoms with van der Waals surface area (Å²) in [4.78, 5) is 23.6. The summed E-state index contributed by atoms with van der Waals surface area (Å²) in [5.74, 6) is -1.02. The van der Waals surface area contributed by atoms with E-state index in [2.05, 4.69) is 30.7 Å². The number of nitrogens with one attached hydrogen (secondary N) is 2. The molecular weight excluding hydrogens is 424 g/mol. The van der Waals surface area contributed by atoms with Crippen LogP contribution >= 0.6 is 15.9 Å². The third-order valence-corrected chi connectivity index (χ3v) is 5.51.